The summed E-state index contributed by atoms with van der Waals surface area (Å²) in [6.07, 6.45) is 3.22. The van der Waals surface area contributed by atoms with Gasteiger partial charge in [0.1, 0.15) is 6.04 Å². The first-order valence-corrected chi connectivity index (χ1v) is 8.38. The molecule has 1 aliphatic rings. The molecule has 2 aromatic heterocycles. The van der Waals surface area contributed by atoms with E-state index in [-0.39, 0.29) is 23.8 Å². The van der Waals surface area contributed by atoms with Crippen LogP contribution in [0.3, 0.4) is 0 Å². The number of pyridine rings is 1. The molecule has 0 aromatic carbocycles. The normalized spacial score (nSPS) is 17.5. The Kier molecular flexibility index (Phi) is 4.51. The molecule has 0 radical (unpaired) electrons. The van der Waals surface area contributed by atoms with E-state index in [0.717, 1.165) is 12.1 Å². The largest absolute Gasteiger partial charge is 0.345 e. The smallest absolute Gasteiger partial charge is 0.243 e. The zero-order valence-corrected chi connectivity index (χ0v) is 14.3. The van der Waals surface area contributed by atoms with Crippen molar-refractivity contribution in [2.24, 2.45) is 5.92 Å². The molecule has 3 rings (SSSR count). The topological polar surface area (TPSA) is 79.6 Å². The molecule has 3 heterocycles. The van der Waals surface area contributed by atoms with Crippen LogP contribution in [0.25, 0.3) is 5.65 Å². The maximum absolute atomic E-state index is 12.8. The van der Waals surface area contributed by atoms with Crippen molar-refractivity contribution in [2.75, 3.05) is 6.54 Å². The Balaban J connectivity index is 1.78. The van der Waals surface area contributed by atoms with Crippen molar-refractivity contribution in [1.82, 2.24) is 24.8 Å². The summed E-state index contributed by atoms with van der Waals surface area (Å²) in [5, 5.41) is 11.3. The number of hydrogen-bond donors (Lipinski definition) is 1. The molecule has 1 N–H and O–H groups in total. The van der Waals surface area contributed by atoms with E-state index in [0.29, 0.717) is 18.8 Å². The molecule has 2 amide bonds. The third-order valence-electron chi connectivity index (χ3n) is 4.43. The summed E-state index contributed by atoms with van der Waals surface area (Å²) < 4.78 is 1.86. The molecule has 128 valence electrons. The van der Waals surface area contributed by atoms with Gasteiger partial charge in [0.2, 0.25) is 11.8 Å². The minimum Gasteiger partial charge on any atom is -0.345 e. The van der Waals surface area contributed by atoms with Gasteiger partial charge in [-0.1, -0.05) is 19.9 Å². The van der Waals surface area contributed by atoms with Crippen molar-refractivity contribution in [3.05, 3.63) is 30.2 Å². The number of aromatic nitrogens is 3. The van der Waals surface area contributed by atoms with Gasteiger partial charge in [-0.05, 0) is 31.4 Å². The molecule has 7 heteroatoms. The third-order valence-corrected chi connectivity index (χ3v) is 4.43. The highest BCUT2D eigenvalue weighted by Crippen LogP contribution is 2.20. The molecule has 2 atom stereocenters. The number of rotatable bonds is 5. The second-order valence-electron chi connectivity index (χ2n) is 6.60. The molecular formula is C17H23N5O2. The lowest BCUT2D eigenvalue weighted by molar-refractivity contribution is -0.139. The summed E-state index contributed by atoms with van der Waals surface area (Å²) in [5.74, 6) is 0.647. The first kappa shape index (κ1) is 16.4. The summed E-state index contributed by atoms with van der Waals surface area (Å²) >= 11 is 0. The maximum atomic E-state index is 12.8. The van der Waals surface area contributed by atoms with Crippen molar-refractivity contribution in [3.63, 3.8) is 0 Å². The van der Waals surface area contributed by atoms with Gasteiger partial charge in [-0.3, -0.25) is 14.0 Å². The van der Waals surface area contributed by atoms with Crippen molar-refractivity contribution in [2.45, 2.75) is 45.7 Å². The lowest BCUT2D eigenvalue weighted by Gasteiger charge is -2.30. The van der Waals surface area contributed by atoms with E-state index < -0.39 is 6.04 Å². The van der Waals surface area contributed by atoms with Gasteiger partial charge in [0, 0.05) is 19.2 Å². The molecule has 0 bridgehead atoms. The second kappa shape index (κ2) is 6.59. The predicted octanol–water partition coefficient (Wildman–Crippen LogP) is 1.55. The van der Waals surface area contributed by atoms with Crippen LogP contribution in [0.2, 0.25) is 0 Å². The summed E-state index contributed by atoms with van der Waals surface area (Å²) in [4.78, 5) is 26.5. The highest BCUT2D eigenvalue weighted by Gasteiger charge is 2.35. The van der Waals surface area contributed by atoms with Crippen LogP contribution in [0, 0.1) is 5.92 Å². The van der Waals surface area contributed by atoms with Crippen LogP contribution in [0.1, 0.15) is 45.5 Å². The van der Waals surface area contributed by atoms with Gasteiger partial charge in [-0.15, -0.1) is 10.2 Å². The highest BCUT2D eigenvalue weighted by atomic mass is 16.2. The minimum atomic E-state index is -0.443. The molecule has 0 spiro atoms. The molecule has 0 unspecified atom stereocenters. The molecule has 0 aliphatic carbocycles. The van der Waals surface area contributed by atoms with Gasteiger partial charge in [0.25, 0.3) is 0 Å². The van der Waals surface area contributed by atoms with Crippen LogP contribution in [0.5, 0.6) is 0 Å². The Morgan fingerprint density at radius 3 is 2.71 bits per heavy atom. The Bertz CT molecular complexity index is 754. The van der Waals surface area contributed by atoms with Crippen LogP contribution in [0.4, 0.5) is 0 Å². The Labute approximate surface area is 141 Å². The summed E-state index contributed by atoms with van der Waals surface area (Å²) in [7, 11) is 0. The zero-order valence-electron chi connectivity index (χ0n) is 14.3. The number of fused-ring (bicyclic) bond motifs is 1. The van der Waals surface area contributed by atoms with Crippen molar-refractivity contribution in [3.8, 4) is 0 Å². The van der Waals surface area contributed by atoms with Gasteiger partial charge >= 0.3 is 0 Å². The molecule has 1 aliphatic heterocycles. The van der Waals surface area contributed by atoms with E-state index in [2.05, 4.69) is 15.5 Å². The van der Waals surface area contributed by atoms with Crippen LogP contribution in [-0.4, -0.2) is 43.9 Å². The number of likely N-dealkylation sites (tertiary alicyclic amines) is 1. The predicted molar refractivity (Wildman–Crippen MR) is 89.1 cm³/mol. The van der Waals surface area contributed by atoms with Crippen LogP contribution in [-0.2, 0) is 9.59 Å². The Hall–Kier alpha value is -2.44. The van der Waals surface area contributed by atoms with E-state index in [1.165, 1.54) is 0 Å². The summed E-state index contributed by atoms with van der Waals surface area (Å²) in [5.41, 5.74) is 0.740. The average Bonchev–Trinajstić information content (AvgIpc) is 3.14. The number of amides is 2. The Morgan fingerprint density at radius 2 is 2.04 bits per heavy atom. The minimum absolute atomic E-state index is 0.0504. The third kappa shape index (κ3) is 2.98. The van der Waals surface area contributed by atoms with Gasteiger partial charge in [0.05, 0.1) is 6.04 Å². The number of carbonyl (C=O) groups excluding carboxylic acids is 2. The lowest BCUT2D eigenvalue weighted by Crippen LogP contribution is -2.51. The van der Waals surface area contributed by atoms with E-state index in [1.54, 1.807) is 4.90 Å². The summed E-state index contributed by atoms with van der Waals surface area (Å²) in [6.45, 7) is 6.46. The molecule has 0 saturated carbocycles. The van der Waals surface area contributed by atoms with Crippen LogP contribution < -0.4 is 5.32 Å². The van der Waals surface area contributed by atoms with E-state index in [4.69, 9.17) is 0 Å². The number of hydrogen-bond acceptors (Lipinski definition) is 4. The number of carbonyl (C=O) groups is 2. The van der Waals surface area contributed by atoms with Gasteiger partial charge < -0.3 is 10.2 Å². The molecule has 1 saturated heterocycles. The highest BCUT2D eigenvalue weighted by molar-refractivity contribution is 5.89. The SMILES string of the molecule is CC(C)[C@H](C(=O)N[C@H](C)c1nnc2ccccn12)N1CCCC1=O. The number of nitrogens with one attached hydrogen (secondary N) is 1. The van der Waals surface area contributed by atoms with Crippen molar-refractivity contribution >= 4 is 17.5 Å². The van der Waals surface area contributed by atoms with Gasteiger partial charge in [0.15, 0.2) is 11.5 Å². The molecule has 1 fully saturated rings. The standard InChI is InChI=1S/C17H23N5O2/c1-11(2)15(22-10-6-8-14(22)23)17(24)18-12(3)16-20-19-13-7-4-5-9-21(13)16/h4-5,7,9,11-12,15H,6,8,10H2,1-3H3,(H,18,24)/t12-,15-/m1/s1. The quantitative estimate of drug-likeness (QED) is 0.903. The summed E-state index contributed by atoms with van der Waals surface area (Å²) in [6, 6.07) is 4.92. The maximum Gasteiger partial charge on any atom is 0.243 e. The first-order chi connectivity index (χ1) is 11.5. The van der Waals surface area contributed by atoms with Crippen LogP contribution >= 0.6 is 0 Å². The molecule has 24 heavy (non-hydrogen) atoms. The van der Waals surface area contributed by atoms with Crippen molar-refractivity contribution in [1.29, 1.82) is 0 Å². The molecular weight excluding hydrogens is 306 g/mol. The van der Waals surface area contributed by atoms with Crippen molar-refractivity contribution < 1.29 is 9.59 Å². The van der Waals surface area contributed by atoms with Gasteiger partial charge in [-0.25, -0.2) is 0 Å². The monoisotopic (exact) mass is 329 g/mol. The molecule has 7 nitrogen and oxygen atoms in total. The molecule has 2 aromatic rings. The fourth-order valence-corrected chi connectivity index (χ4v) is 3.29. The fraction of sp³-hybridized carbons (Fsp3) is 0.529. The van der Waals surface area contributed by atoms with E-state index >= 15 is 0 Å². The zero-order chi connectivity index (χ0) is 17.3. The number of nitrogens with zero attached hydrogens (tertiary/aromatic N) is 4. The van der Waals surface area contributed by atoms with Gasteiger partial charge in [-0.2, -0.15) is 0 Å². The lowest BCUT2D eigenvalue weighted by atomic mass is 10.0. The van der Waals surface area contributed by atoms with E-state index in [1.807, 2.05) is 49.6 Å². The first-order valence-electron chi connectivity index (χ1n) is 8.38. The average molecular weight is 329 g/mol. The second-order valence-corrected chi connectivity index (χ2v) is 6.60. The Morgan fingerprint density at radius 1 is 1.25 bits per heavy atom. The van der Waals surface area contributed by atoms with Crippen LogP contribution in [0.15, 0.2) is 24.4 Å². The van der Waals surface area contributed by atoms with E-state index in [9.17, 15) is 9.59 Å². The fourth-order valence-electron chi connectivity index (χ4n) is 3.29.